The lowest BCUT2D eigenvalue weighted by atomic mass is 10.1. The van der Waals surface area contributed by atoms with Gasteiger partial charge in [0.1, 0.15) is 6.10 Å². The number of nitrogens with one attached hydrogen (secondary N) is 2. The van der Waals surface area contributed by atoms with Gasteiger partial charge in [0.05, 0.1) is 11.7 Å². The van der Waals surface area contributed by atoms with Gasteiger partial charge in [0.15, 0.2) is 0 Å². The number of aliphatic hydroxyl groups is 2. The molecule has 0 saturated carbocycles. The van der Waals surface area contributed by atoms with Crippen molar-refractivity contribution in [3.8, 4) is 0 Å². The van der Waals surface area contributed by atoms with Crippen molar-refractivity contribution in [3.05, 3.63) is 32.6 Å². The van der Waals surface area contributed by atoms with Gasteiger partial charge < -0.3 is 15.2 Å². The second-order valence-corrected chi connectivity index (χ2v) is 3.40. The molecule has 0 amide bonds. The molecule has 0 saturated heterocycles. The van der Waals surface area contributed by atoms with Gasteiger partial charge >= 0.3 is 5.69 Å². The monoisotopic (exact) mass is 234 g/mol. The molecule has 0 radical (unpaired) electrons. The Morgan fingerprint density at radius 1 is 1.40 bits per heavy atom. The molecule has 1 aromatic rings. The third-order valence-corrected chi connectivity index (χ3v) is 2.15. The molecular weight excluding hydrogens is 224 g/mol. The lowest BCUT2D eigenvalue weighted by molar-refractivity contribution is 0.0159. The van der Waals surface area contributed by atoms with Crippen LogP contribution in [0.15, 0.2) is 15.8 Å². The average Bonchev–Trinajstić information content (AvgIpc) is 2.17. The second-order valence-electron chi connectivity index (χ2n) is 3.02. The van der Waals surface area contributed by atoms with E-state index >= 15 is 0 Å². The van der Waals surface area contributed by atoms with Crippen LogP contribution >= 0.6 is 11.6 Å². The Bertz CT molecular complexity index is 427. The number of halogens is 1. The molecule has 0 aliphatic carbocycles. The van der Waals surface area contributed by atoms with Crippen molar-refractivity contribution in [2.45, 2.75) is 18.6 Å². The summed E-state index contributed by atoms with van der Waals surface area (Å²) in [5, 5.41) is 18.9. The van der Waals surface area contributed by atoms with Crippen LogP contribution in [0, 0.1) is 0 Å². The minimum Gasteiger partial charge on any atom is -0.390 e. The van der Waals surface area contributed by atoms with Crippen LogP contribution in [0.1, 0.15) is 18.1 Å². The third-order valence-electron chi connectivity index (χ3n) is 1.94. The first-order chi connectivity index (χ1) is 7.06. The molecule has 2 unspecified atom stereocenters. The zero-order chi connectivity index (χ0) is 11.4. The average molecular weight is 235 g/mol. The first kappa shape index (κ1) is 12.0. The highest BCUT2D eigenvalue weighted by Crippen LogP contribution is 2.14. The van der Waals surface area contributed by atoms with Crippen molar-refractivity contribution >= 4 is 11.6 Å². The zero-order valence-electron chi connectivity index (χ0n) is 7.74. The summed E-state index contributed by atoms with van der Waals surface area (Å²) in [6, 6.07) is 0. The molecule has 0 bridgehead atoms. The summed E-state index contributed by atoms with van der Waals surface area (Å²) in [5.41, 5.74) is -1.48. The molecule has 6 nitrogen and oxygen atoms in total. The van der Waals surface area contributed by atoms with E-state index in [9.17, 15) is 19.8 Å². The number of hydrogen-bond donors (Lipinski definition) is 4. The Labute approximate surface area is 89.5 Å². The van der Waals surface area contributed by atoms with Gasteiger partial charge in [-0.05, 0) is 6.42 Å². The topological polar surface area (TPSA) is 106 Å². The van der Waals surface area contributed by atoms with E-state index in [4.69, 9.17) is 11.6 Å². The molecular formula is C8H11ClN2O4. The highest BCUT2D eigenvalue weighted by molar-refractivity contribution is 6.17. The molecule has 0 spiro atoms. The van der Waals surface area contributed by atoms with Crippen molar-refractivity contribution in [2.75, 3.05) is 5.88 Å². The van der Waals surface area contributed by atoms with Gasteiger partial charge in [0.25, 0.3) is 5.56 Å². The molecule has 1 heterocycles. The van der Waals surface area contributed by atoms with Gasteiger partial charge in [-0.25, -0.2) is 4.79 Å². The summed E-state index contributed by atoms with van der Waals surface area (Å²) in [7, 11) is 0. The van der Waals surface area contributed by atoms with Crippen molar-refractivity contribution in [1.29, 1.82) is 0 Å². The van der Waals surface area contributed by atoms with Gasteiger partial charge in [-0.1, -0.05) is 0 Å². The van der Waals surface area contributed by atoms with Crippen molar-refractivity contribution in [2.24, 2.45) is 0 Å². The van der Waals surface area contributed by atoms with E-state index in [2.05, 4.69) is 4.98 Å². The fraction of sp³-hybridized carbons (Fsp3) is 0.500. The number of aliphatic hydroxyl groups excluding tert-OH is 2. The van der Waals surface area contributed by atoms with Gasteiger partial charge in [-0.15, -0.1) is 11.6 Å². The van der Waals surface area contributed by atoms with Gasteiger partial charge in [-0.2, -0.15) is 0 Å². The summed E-state index contributed by atoms with van der Waals surface area (Å²) >= 11 is 5.38. The van der Waals surface area contributed by atoms with Crippen LogP contribution in [0.4, 0.5) is 0 Å². The van der Waals surface area contributed by atoms with E-state index in [1.807, 2.05) is 4.98 Å². The Hall–Kier alpha value is -1.11. The molecule has 7 heteroatoms. The maximum atomic E-state index is 11.2. The Morgan fingerprint density at radius 2 is 2.07 bits per heavy atom. The van der Waals surface area contributed by atoms with E-state index in [1.54, 1.807) is 0 Å². The standard InChI is InChI=1S/C8H11ClN2O4/c9-2-1-5(12)6(13)4-3-10-8(15)11-7(4)14/h3,5-6,12-13H,1-2H2,(H2,10,11,14,15). The van der Waals surface area contributed by atoms with Crippen LogP contribution in [0.5, 0.6) is 0 Å². The van der Waals surface area contributed by atoms with Crippen LogP contribution in [0.2, 0.25) is 0 Å². The van der Waals surface area contributed by atoms with Gasteiger partial charge in [0.2, 0.25) is 0 Å². The van der Waals surface area contributed by atoms with E-state index in [1.165, 1.54) is 0 Å². The zero-order valence-corrected chi connectivity index (χ0v) is 8.49. The molecule has 0 aromatic carbocycles. The molecule has 0 aliphatic heterocycles. The van der Waals surface area contributed by atoms with Gasteiger partial charge in [0, 0.05) is 12.1 Å². The van der Waals surface area contributed by atoms with Crippen LogP contribution < -0.4 is 11.2 Å². The lowest BCUT2D eigenvalue weighted by Crippen LogP contribution is -2.30. The molecule has 1 aromatic heterocycles. The van der Waals surface area contributed by atoms with Gasteiger partial charge in [-0.3, -0.25) is 9.78 Å². The third kappa shape index (κ3) is 2.92. The molecule has 1 rings (SSSR count). The number of rotatable bonds is 4. The van der Waals surface area contributed by atoms with E-state index in [0.29, 0.717) is 0 Å². The Morgan fingerprint density at radius 3 is 2.60 bits per heavy atom. The maximum absolute atomic E-state index is 11.2. The van der Waals surface area contributed by atoms with Crippen LogP contribution in [-0.2, 0) is 0 Å². The summed E-state index contributed by atoms with van der Waals surface area (Å²) in [5.74, 6) is 0.166. The van der Waals surface area contributed by atoms with Crippen molar-refractivity contribution in [3.63, 3.8) is 0 Å². The molecule has 15 heavy (non-hydrogen) atoms. The van der Waals surface area contributed by atoms with Crippen molar-refractivity contribution in [1.82, 2.24) is 9.97 Å². The minimum atomic E-state index is -1.36. The summed E-state index contributed by atoms with van der Waals surface area (Å²) in [6.07, 6.45) is -1.26. The van der Waals surface area contributed by atoms with Crippen LogP contribution in [-0.4, -0.2) is 32.2 Å². The summed E-state index contributed by atoms with van der Waals surface area (Å²) in [4.78, 5) is 26.0. The first-order valence-electron chi connectivity index (χ1n) is 4.30. The highest BCUT2D eigenvalue weighted by atomic mass is 35.5. The normalized spacial score (nSPS) is 14.9. The maximum Gasteiger partial charge on any atom is 0.325 e. The lowest BCUT2D eigenvalue weighted by Gasteiger charge is -2.15. The first-order valence-corrected chi connectivity index (χ1v) is 4.83. The Balaban J connectivity index is 2.96. The minimum absolute atomic E-state index is 0.0905. The quantitative estimate of drug-likeness (QED) is 0.506. The molecule has 2 atom stereocenters. The number of aromatic amines is 2. The summed E-state index contributed by atoms with van der Waals surface area (Å²) < 4.78 is 0. The molecule has 84 valence electrons. The fourth-order valence-corrected chi connectivity index (χ4v) is 1.34. The van der Waals surface area contributed by atoms with Crippen LogP contribution in [0.3, 0.4) is 0 Å². The largest absolute Gasteiger partial charge is 0.390 e. The SMILES string of the molecule is O=c1[nH]cc(C(O)C(O)CCCl)c(=O)[nH]1. The number of aromatic nitrogens is 2. The fourth-order valence-electron chi connectivity index (χ4n) is 1.12. The Kier molecular flexibility index (Phi) is 4.07. The number of hydrogen-bond acceptors (Lipinski definition) is 4. The highest BCUT2D eigenvalue weighted by Gasteiger charge is 2.20. The van der Waals surface area contributed by atoms with Crippen LogP contribution in [0.25, 0.3) is 0 Å². The molecule has 0 fully saturated rings. The molecule has 4 N–H and O–H groups in total. The number of alkyl halides is 1. The smallest absolute Gasteiger partial charge is 0.325 e. The van der Waals surface area contributed by atoms with E-state index in [-0.39, 0.29) is 17.9 Å². The van der Waals surface area contributed by atoms with E-state index < -0.39 is 23.5 Å². The second kappa shape index (κ2) is 5.11. The van der Waals surface area contributed by atoms with E-state index in [0.717, 1.165) is 6.20 Å². The van der Waals surface area contributed by atoms with Crippen molar-refractivity contribution < 1.29 is 10.2 Å². The molecule has 0 aliphatic rings. The predicted octanol–water partition coefficient (Wildman–Crippen LogP) is -0.914. The predicted molar refractivity (Wildman–Crippen MR) is 54.0 cm³/mol. The summed E-state index contributed by atoms with van der Waals surface area (Å²) in [6.45, 7) is 0. The number of H-pyrrole nitrogens is 2.